The van der Waals surface area contributed by atoms with Crippen LogP contribution < -0.4 is 5.32 Å². The summed E-state index contributed by atoms with van der Waals surface area (Å²) in [4.78, 5) is 4.72. The van der Waals surface area contributed by atoms with Crippen LogP contribution in [-0.4, -0.2) is 4.98 Å². The Morgan fingerprint density at radius 1 is 1.25 bits per heavy atom. The number of rotatable bonds is 0. The SMILES string of the molecule is Cc1nc2c3c(c1C)CN[C@@H]3CCC2.Cl.Cl. The van der Waals surface area contributed by atoms with Gasteiger partial charge in [0.25, 0.3) is 0 Å². The van der Waals surface area contributed by atoms with E-state index in [1.165, 1.54) is 41.8 Å². The summed E-state index contributed by atoms with van der Waals surface area (Å²) in [6.45, 7) is 5.40. The molecule has 90 valence electrons. The maximum absolute atomic E-state index is 4.72. The zero-order valence-electron chi connectivity index (χ0n) is 9.67. The first-order valence-electron chi connectivity index (χ1n) is 5.49. The number of nitrogens with one attached hydrogen (secondary N) is 1. The number of hydrogen-bond acceptors (Lipinski definition) is 2. The molecule has 3 rings (SSSR count). The van der Waals surface area contributed by atoms with Crippen molar-refractivity contribution in [1.29, 1.82) is 0 Å². The van der Waals surface area contributed by atoms with Crippen LogP contribution in [-0.2, 0) is 13.0 Å². The number of nitrogens with zero attached hydrogens (tertiary/aromatic N) is 1. The van der Waals surface area contributed by atoms with Gasteiger partial charge in [-0.25, -0.2) is 0 Å². The predicted molar refractivity (Wildman–Crippen MR) is 70.7 cm³/mol. The molecule has 2 nitrogen and oxygen atoms in total. The summed E-state index contributed by atoms with van der Waals surface area (Å²) < 4.78 is 0. The molecule has 1 aliphatic carbocycles. The van der Waals surface area contributed by atoms with Crippen molar-refractivity contribution in [3.05, 3.63) is 28.1 Å². The van der Waals surface area contributed by atoms with Gasteiger partial charge in [-0.1, -0.05) is 0 Å². The highest BCUT2D eigenvalue weighted by molar-refractivity contribution is 5.85. The van der Waals surface area contributed by atoms with Crippen LogP contribution >= 0.6 is 24.8 Å². The average Bonchev–Trinajstić information content (AvgIpc) is 2.60. The molecule has 0 fully saturated rings. The van der Waals surface area contributed by atoms with Crippen molar-refractivity contribution in [2.24, 2.45) is 0 Å². The van der Waals surface area contributed by atoms with Gasteiger partial charge in [-0.05, 0) is 49.8 Å². The molecule has 0 radical (unpaired) electrons. The van der Waals surface area contributed by atoms with Gasteiger partial charge in [0, 0.05) is 24.0 Å². The fraction of sp³-hybridized carbons (Fsp3) is 0.583. The summed E-state index contributed by atoms with van der Waals surface area (Å²) in [6, 6.07) is 0.612. The van der Waals surface area contributed by atoms with Crippen molar-refractivity contribution in [3.8, 4) is 0 Å². The Morgan fingerprint density at radius 2 is 2.00 bits per heavy atom. The maximum Gasteiger partial charge on any atom is 0.0458 e. The summed E-state index contributed by atoms with van der Waals surface area (Å²) in [5, 5.41) is 3.59. The van der Waals surface area contributed by atoms with Crippen molar-refractivity contribution in [2.75, 3.05) is 0 Å². The molecule has 0 saturated heterocycles. The smallest absolute Gasteiger partial charge is 0.0458 e. The largest absolute Gasteiger partial charge is 0.306 e. The standard InChI is InChI=1S/C12H16N2.2ClH/c1-7-8(2)14-11-5-3-4-10-12(11)9(7)6-13-10;;/h10,13H,3-6H2,1-2H3;2*1H/t10-;;/m1../s1. The van der Waals surface area contributed by atoms with Gasteiger partial charge in [-0.3, -0.25) is 4.98 Å². The second-order valence-electron chi connectivity index (χ2n) is 4.49. The summed E-state index contributed by atoms with van der Waals surface area (Å²) in [5.41, 5.74) is 7.07. The Bertz CT molecular complexity index is 404. The van der Waals surface area contributed by atoms with E-state index in [4.69, 9.17) is 4.98 Å². The van der Waals surface area contributed by atoms with E-state index in [9.17, 15) is 0 Å². The van der Waals surface area contributed by atoms with E-state index in [-0.39, 0.29) is 24.8 Å². The summed E-state index contributed by atoms with van der Waals surface area (Å²) in [6.07, 6.45) is 3.77. The number of hydrogen-bond donors (Lipinski definition) is 1. The molecule has 1 N–H and O–H groups in total. The Kier molecular flexibility index (Phi) is 4.22. The molecule has 2 aliphatic rings. The molecule has 1 aromatic heterocycles. The van der Waals surface area contributed by atoms with Gasteiger partial charge in [0.15, 0.2) is 0 Å². The van der Waals surface area contributed by atoms with Crippen molar-refractivity contribution in [3.63, 3.8) is 0 Å². The number of aryl methyl sites for hydroxylation is 2. The van der Waals surface area contributed by atoms with Crippen molar-refractivity contribution in [1.82, 2.24) is 10.3 Å². The van der Waals surface area contributed by atoms with Gasteiger partial charge in [0.2, 0.25) is 0 Å². The molecule has 2 heterocycles. The van der Waals surface area contributed by atoms with E-state index in [2.05, 4.69) is 19.2 Å². The lowest BCUT2D eigenvalue weighted by atomic mass is 9.89. The van der Waals surface area contributed by atoms with Gasteiger partial charge < -0.3 is 5.32 Å². The van der Waals surface area contributed by atoms with E-state index < -0.39 is 0 Å². The quantitative estimate of drug-likeness (QED) is 0.776. The van der Waals surface area contributed by atoms with Crippen molar-refractivity contribution in [2.45, 2.75) is 45.7 Å². The molecule has 0 saturated carbocycles. The fourth-order valence-corrected chi connectivity index (χ4v) is 2.82. The molecular weight excluding hydrogens is 243 g/mol. The number of aromatic nitrogens is 1. The lowest BCUT2D eigenvalue weighted by Crippen LogP contribution is -2.17. The molecule has 0 bridgehead atoms. The highest BCUT2D eigenvalue weighted by atomic mass is 35.5. The minimum Gasteiger partial charge on any atom is -0.306 e. The number of pyridine rings is 1. The lowest BCUT2D eigenvalue weighted by Gasteiger charge is -2.21. The van der Waals surface area contributed by atoms with Crippen LogP contribution in [0.15, 0.2) is 0 Å². The van der Waals surface area contributed by atoms with Crippen molar-refractivity contribution < 1.29 is 0 Å². The molecule has 1 atom stereocenters. The second kappa shape index (κ2) is 4.91. The molecule has 16 heavy (non-hydrogen) atoms. The van der Waals surface area contributed by atoms with Crippen LogP contribution in [0, 0.1) is 13.8 Å². The van der Waals surface area contributed by atoms with E-state index in [0.29, 0.717) is 6.04 Å². The molecular formula is C12H18Cl2N2. The zero-order chi connectivity index (χ0) is 9.71. The summed E-state index contributed by atoms with van der Waals surface area (Å²) in [5.74, 6) is 0. The first kappa shape index (κ1) is 13.8. The van der Waals surface area contributed by atoms with E-state index in [1.54, 1.807) is 5.56 Å². The van der Waals surface area contributed by atoms with Gasteiger partial charge in [0.1, 0.15) is 0 Å². The van der Waals surface area contributed by atoms with E-state index in [0.717, 1.165) is 6.54 Å². The third kappa shape index (κ3) is 1.83. The third-order valence-corrected chi connectivity index (χ3v) is 3.71. The minimum atomic E-state index is 0. The molecule has 4 heteroatoms. The van der Waals surface area contributed by atoms with Crippen LogP contribution in [0.3, 0.4) is 0 Å². The Hall–Kier alpha value is -0.310. The van der Waals surface area contributed by atoms with Crippen LogP contribution in [0.5, 0.6) is 0 Å². The van der Waals surface area contributed by atoms with Gasteiger partial charge in [0.05, 0.1) is 0 Å². The number of halogens is 2. The van der Waals surface area contributed by atoms with E-state index >= 15 is 0 Å². The highest BCUT2D eigenvalue weighted by Crippen LogP contribution is 2.37. The first-order chi connectivity index (χ1) is 6.77. The Morgan fingerprint density at radius 3 is 2.75 bits per heavy atom. The van der Waals surface area contributed by atoms with Crippen LogP contribution in [0.25, 0.3) is 0 Å². The normalized spacial score (nSPS) is 20.8. The Balaban J connectivity index is 0.000000640. The van der Waals surface area contributed by atoms with Gasteiger partial charge >= 0.3 is 0 Å². The van der Waals surface area contributed by atoms with Crippen LogP contribution in [0.4, 0.5) is 0 Å². The highest BCUT2D eigenvalue weighted by Gasteiger charge is 2.30. The third-order valence-electron chi connectivity index (χ3n) is 3.71. The maximum atomic E-state index is 4.72. The predicted octanol–water partition coefficient (Wildman–Crippen LogP) is 3.02. The zero-order valence-corrected chi connectivity index (χ0v) is 11.3. The summed E-state index contributed by atoms with van der Waals surface area (Å²) >= 11 is 0. The second-order valence-corrected chi connectivity index (χ2v) is 4.49. The molecule has 0 unspecified atom stereocenters. The molecule has 1 aromatic rings. The average molecular weight is 261 g/mol. The van der Waals surface area contributed by atoms with E-state index in [1.807, 2.05) is 0 Å². The topological polar surface area (TPSA) is 24.9 Å². The van der Waals surface area contributed by atoms with Crippen LogP contribution in [0.2, 0.25) is 0 Å². The van der Waals surface area contributed by atoms with Crippen molar-refractivity contribution >= 4 is 24.8 Å². The molecule has 0 spiro atoms. The van der Waals surface area contributed by atoms with Gasteiger partial charge in [-0.15, -0.1) is 24.8 Å². The minimum absolute atomic E-state index is 0. The Labute approximate surface area is 109 Å². The molecule has 1 aliphatic heterocycles. The van der Waals surface area contributed by atoms with Gasteiger partial charge in [-0.2, -0.15) is 0 Å². The fourth-order valence-electron chi connectivity index (χ4n) is 2.82. The lowest BCUT2D eigenvalue weighted by molar-refractivity contribution is 0.493. The monoisotopic (exact) mass is 260 g/mol. The summed E-state index contributed by atoms with van der Waals surface area (Å²) in [7, 11) is 0. The molecule has 0 aromatic carbocycles. The van der Waals surface area contributed by atoms with Crippen LogP contribution in [0.1, 0.15) is 47.0 Å². The molecule has 0 amide bonds. The first-order valence-corrected chi connectivity index (χ1v) is 5.49.